The maximum Gasteiger partial charge on any atom is 0.416 e. The number of carbonyl (C=O) groups excluding carboxylic acids is 1. The summed E-state index contributed by atoms with van der Waals surface area (Å²) in [5.41, 5.74) is -0.473. The van der Waals surface area contributed by atoms with Crippen LogP contribution in [0.4, 0.5) is 22.0 Å². The van der Waals surface area contributed by atoms with Gasteiger partial charge in [-0.05, 0) is 93.0 Å². The molecular weight excluding hydrogens is 567 g/mol. The Kier molecular flexibility index (Phi) is 7.28. The number of benzene rings is 2. The van der Waals surface area contributed by atoms with Gasteiger partial charge in [-0.3, -0.25) is 9.69 Å². The predicted molar refractivity (Wildman–Crippen MR) is 140 cm³/mol. The first-order chi connectivity index (χ1) is 19.4. The summed E-state index contributed by atoms with van der Waals surface area (Å²) in [6, 6.07) is 5.24. The van der Waals surface area contributed by atoms with Crippen molar-refractivity contribution in [3.05, 3.63) is 64.2 Å². The summed E-state index contributed by atoms with van der Waals surface area (Å²) in [7, 11) is -3.82. The summed E-state index contributed by atoms with van der Waals surface area (Å²) in [5, 5.41) is -0.606. The van der Waals surface area contributed by atoms with E-state index in [1.165, 1.54) is 6.07 Å². The molecular formula is C29H31F5N2O4S. The number of nitrogens with one attached hydrogen (secondary N) is 1. The van der Waals surface area contributed by atoms with E-state index < -0.39 is 44.6 Å². The zero-order chi connectivity index (χ0) is 29.1. The zero-order valence-electron chi connectivity index (χ0n) is 22.2. The fourth-order valence-corrected chi connectivity index (χ4v) is 7.58. The highest BCUT2D eigenvalue weighted by molar-refractivity contribution is 7.91. The van der Waals surface area contributed by atoms with Crippen LogP contribution in [0, 0.1) is 17.6 Å². The highest BCUT2D eigenvalue weighted by Gasteiger charge is 2.42. The number of fused-ring (bicyclic) bond motifs is 2. The molecule has 1 N–H and O–H groups in total. The number of sulfonamides is 1. The molecule has 2 aromatic carbocycles. The van der Waals surface area contributed by atoms with Crippen molar-refractivity contribution in [2.75, 3.05) is 6.61 Å². The Hall–Kier alpha value is -2.73. The zero-order valence-corrected chi connectivity index (χ0v) is 23.0. The number of rotatable bonds is 9. The van der Waals surface area contributed by atoms with Crippen molar-refractivity contribution in [3.8, 4) is 5.75 Å². The van der Waals surface area contributed by atoms with Gasteiger partial charge in [0, 0.05) is 30.3 Å². The molecule has 4 aliphatic rings. The van der Waals surface area contributed by atoms with Crippen LogP contribution in [0.2, 0.25) is 0 Å². The highest BCUT2D eigenvalue weighted by atomic mass is 32.2. The summed E-state index contributed by atoms with van der Waals surface area (Å²) in [6.45, 7) is 0.412. The van der Waals surface area contributed by atoms with E-state index in [1.807, 2.05) is 4.72 Å². The minimum atomic E-state index is -4.54. The van der Waals surface area contributed by atoms with Crippen LogP contribution in [0.15, 0.2) is 30.3 Å². The van der Waals surface area contributed by atoms with E-state index >= 15 is 4.39 Å². The second kappa shape index (κ2) is 10.5. The first-order valence-electron chi connectivity index (χ1n) is 14.0. The number of nitrogens with zero attached hydrogens (tertiary/aromatic N) is 1. The molecule has 2 saturated heterocycles. The third kappa shape index (κ3) is 6.09. The van der Waals surface area contributed by atoms with Crippen LogP contribution in [0.3, 0.4) is 0 Å². The number of carbonyl (C=O) groups is 1. The Morgan fingerprint density at radius 3 is 2.24 bits per heavy atom. The van der Waals surface area contributed by atoms with E-state index in [4.69, 9.17) is 4.74 Å². The Morgan fingerprint density at radius 1 is 0.951 bits per heavy atom. The van der Waals surface area contributed by atoms with Gasteiger partial charge in [-0.1, -0.05) is 0 Å². The molecule has 2 aliphatic heterocycles. The van der Waals surface area contributed by atoms with Crippen molar-refractivity contribution in [2.24, 2.45) is 5.92 Å². The Bertz CT molecular complexity index is 1440. The molecule has 6 rings (SSSR count). The summed E-state index contributed by atoms with van der Waals surface area (Å²) < 4.78 is 101. The van der Waals surface area contributed by atoms with Gasteiger partial charge in [-0.25, -0.2) is 21.9 Å². The molecule has 12 heteroatoms. The van der Waals surface area contributed by atoms with E-state index in [0.29, 0.717) is 30.8 Å². The minimum absolute atomic E-state index is 0.0324. The second-order valence-corrected chi connectivity index (χ2v) is 13.8. The van der Waals surface area contributed by atoms with Gasteiger partial charge in [0.25, 0.3) is 5.91 Å². The summed E-state index contributed by atoms with van der Waals surface area (Å²) in [5.74, 6) is -1.92. The van der Waals surface area contributed by atoms with Gasteiger partial charge in [0.15, 0.2) is 0 Å². The van der Waals surface area contributed by atoms with Crippen LogP contribution in [-0.2, 0) is 22.7 Å². The SMILES string of the molecule is O=C(NS(=O)(=O)C1CC1)c1cc(C2CC2)c(OCC2C[C@H]3CC[C@@H](C2)N3Cc2cc(C(F)(F)F)ccc2F)cc1F. The fraction of sp³-hybridized carbons (Fsp3) is 0.552. The molecule has 2 aliphatic carbocycles. The van der Waals surface area contributed by atoms with Crippen LogP contribution < -0.4 is 9.46 Å². The van der Waals surface area contributed by atoms with Gasteiger partial charge < -0.3 is 4.74 Å². The molecule has 1 unspecified atom stereocenters. The Morgan fingerprint density at radius 2 is 1.63 bits per heavy atom. The van der Waals surface area contributed by atoms with Crippen molar-refractivity contribution >= 4 is 15.9 Å². The average molecular weight is 599 g/mol. The number of piperidine rings is 1. The first kappa shape index (κ1) is 28.4. The van der Waals surface area contributed by atoms with Crippen molar-refractivity contribution in [3.63, 3.8) is 0 Å². The number of halogens is 5. The number of ether oxygens (including phenoxy) is 1. The molecule has 6 nitrogen and oxygen atoms in total. The lowest BCUT2D eigenvalue weighted by molar-refractivity contribution is -0.137. The van der Waals surface area contributed by atoms with E-state index in [9.17, 15) is 30.8 Å². The molecule has 41 heavy (non-hydrogen) atoms. The number of hydrogen-bond acceptors (Lipinski definition) is 5. The predicted octanol–water partition coefficient (Wildman–Crippen LogP) is 5.91. The largest absolute Gasteiger partial charge is 0.493 e. The van der Waals surface area contributed by atoms with Crippen LogP contribution >= 0.6 is 0 Å². The fourth-order valence-electron chi connectivity index (χ4n) is 6.29. The molecule has 0 radical (unpaired) electrons. The molecule has 0 spiro atoms. The maximum absolute atomic E-state index is 15.0. The van der Waals surface area contributed by atoms with Crippen LogP contribution in [0.25, 0.3) is 0 Å². The standard InChI is InChI=1S/C29H31F5N2O4S/c30-25-8-3-19(29(32,33)34)11-18(25)14-36-20-4-5-21(36)10-16(9-20)15-40-27-13-26(31)24(12-23(27)17-1-2-17)28(37)35-41(38,39)22-6-7-22/h3,8,11-13,16-17,20-22H,1-2,4-7,9-10,14-15H2,(H,35,37)/t16?,20-,21+. The normalized spacial score (nSPS) is 24.9. The van der Waals surface area contributed by atoms with E-state index in [1.54, 1.807) is 0 Å². The van der Waals surface area contributed by atoms with Crippen LogP contribution in [0.5, 0.6) is 5.75 Å². The lowest BCUT2D eigenvalue weighted by atomic mass is 9.90. The van der Waals surface area contributed by atoms with Gasteiger partial charge in [0.1, 0.15) is 17.4 Å². The van der Waals surface area contributed by atoms with Crippen molar-refractivity contribution in [1.29, 1.82) is 0 Å². The second-order valence-electron chi connectivity index (χ2n) is 11.8. The smallest absolute Gasteiger partial charge is 0.416 e. The summed E-state index contributed by atoms with van der Waals surface area (Å²) >= 11 is 0. The minimum Gasteiger partial charge on any atom is -0.493 e. The topological polar surface area (TPSA) is 75.7 Å². The van der Waals surface area contributed by atoms with Gasteiger partial charge >= 0.3 is 6.18 Å². The lowest BCUT2D eigenvalue weighted by Crippen LogP contribution is -2.43. The van der Waals surface area contributed by atoms with Gasteiger partial charge in [0.2, 0.25) is 10.0 Å². The highest BCUT2D eigenvalue weighted by Crippen LogP contribution is 2.46. The molecule has 2 saturated carbocycles. The average Bonchev–Trinajstić information content (AvgIpc) is 3.80. The molecule has 0 aromatic heterocycles. The molecule has 222 valence electrons. The molecule has 1 amide bonds. The molecule has 3 atom stereocenters. The van der Waals surface area contributed by atoms with Gasteiger partial charge in [-0.15, -0.1) is 0 Å². The molecule has 2 aromatic rings. The summed E-state index contributed by atoms with van der Waals surface area (Å²) in [6.07, 6.45) is 1.29. The molecule has 4 fully saturated rings. The van der Waals surface area contributed by atoms with E-state index in [0.717, 1.165) is 62.8 Å². The summed E-state index contributed by atoms with van der Waals surface area (Å²) in [4.78, 5) is 14.7. The quantitative estimate of drug-likeness (QED) is 0.364. The van der Waals surface area contributed by atoms with E-state index in [2.05, 4.69) is 4.90 Å². The van der Waals surface area contributed by atoms with Gasteiger partial charge in [-0.2, -0.15) is 13.2 Å². The van der Waals surface area contributed by atoms with Crippen molar-refractivity contribution < 1.29 is 39.9 Å². The number of alkyl halides is 3. The monoisotopic (exact) mass is 598 g/mol. The molecule has 2 heterocycles. The van der Waals surface area contributed by atoms with Crippen LogP contribution in [-0.4, -0.2) is 43.2 Å². The maximum atomic E-state index is 15.0. The van der Waals surface area contributed by atoms with Gasteiger partial charge in [0.05, 0.1) is 23.0 Å². The molecule has 2 bridgehead atoms. The van der Waals surface area contributed by atoms with Crippen molar-refractivity contribution in [1.82, 2.24) is 9.62 Å². The Labute approximate surface area is 235 Å². The Balaban J connectivity index is 1.11. The van der Waals surface area contributed by atoms with Crippen molar-refractivity contribution in [2.45, 2.75) is 87.3 Å². The number of amides is 1. The third-order valence-electron chi connectivity index (χ3n) is 8.74. The lowest BCUT2D eigenvalue weighted by Gasteiger charge is -2.39. The first-order valence-corrected chi connectivity index (χ1v) is 15.6. The van der Waals surface area contributed by atoms with Crippen LogP contribution in [0.1, 0.15) is 84.3 Å². The number of hydrogen-bond donors (Lipinski definition) is 1. The van der Waals surface area contributed by atoms with E-state index in [-0.39, 0.29) is 41.6 Å². The third-order valence-corrected chi connectivity index (χ3v) is 10.6.